The van der Waals surface area contributed by atoms with Crippen molar-refractivity contribution < 1.29 is 9.66 Å². The zero-order chi connectivity index (χ0) is 13.8. The molecule has 0 bridgehead atoms. The molecule has 1 aromatic rings. The van der Waals surface area contributed by atoms with Crippen LogP contribution >= 0.6 is 0 Å². The van der Waals surface area contributed by atoms with Crippen molar-refractivity contribution in [3.8, 4) is 6.07 Å². The van der Waals surface area contributed by atoms with Crippen LogP contribution in [0.1, 0.15) is 25.3 Å². The molecule has 2 unspecified atom stereocenters. The summed E-state index contributed by atoms with van der Waals surface area (Å²) in [7, 11) is 0. The molecule has 1 heterocycles. The van der Waals surface area contributed by atoms with Gasteiger partial charge in [0.1, 0.15) is 5.69 Å². The second-order valence-corrected chi connectivity index (χ2v) is 4.63. The van der Waals surface area contributed by atoms with Crippen molar-refractivity contribution in [1.82, 2.24) is 0 Å². The molecule has 0 amide bonds. The molecule has 2 atom stereocenters. The first kappa shape index (κ1) is 13.3. The van der Waals surface area contributed by atoms with E-state index in [4.69, 9.17) is 10.00 Å². The Balaban J connectivity index is 2.07. The van der Waals surface area contributed by atoms with E-state index in [2.05, 4.69) is 5.32 Å². The van der Waals surface area contributed by atoms with Gasteiger partial charge in [-0.2, -0.15) is 5.26 Å². The van der Waals surface area contributed by atoms with Crippen molar-refractivity contribution in [2.75, 3.05) is 11.9 Å². The van der Waals surface area contributed by atoms with Crippen LogP contribution in [0.15, 0.2) is 18.2 Å². The highest BCUT2D eigenvalue weighted by Gasteiger charge is 2.22. The summed E-state index contributed by atoms with van der Waals surface area (Å²) in [6, 6.07) is 6.30. The van der Waals surface area contributed by atoms with E-state index < -0.39 is 4.92 Å². The van der Waals surface area contributed by atoms with Gasteiger partial charge in [0.05, 0.1) is 28.8 Å². The van der Waals surface area contributed by atoms with Crippen LogP contribution in [0.5, 0.6) is 0 Å². The lowest BCUT2D eigenvalue weighted by Gasteiger charge is -2.13. The van der Waals surface area contributed by atoms with Crippen LogP contribution in [-0.4, -0.2) is 23.7 Å². The molecule has 0 aromatic heterocycles. The smallest absolute Gasteiger partial charge is 0.293 e. The minimum Gasteiger partial charge on any atom is -0.377 e. The van der Waals surface area contributed by atoms with Crippen molar-refractivity contribution in [3.05, 3.63) is 33.9 Å². The molecule has 1 fully saturated rings. The SMILES string of the molecule is CC1CCC(CNc2ccc(C#N)cc2[N+](=O)[O-])O1. The standard InChI is InChI=1S/C13H15N3O3/c1-9-2-4-11(19-9)8-15-12-5-3-10(7-14)6-13(12)16(17)18/h3,5-6,9,11,15H,2,4,8H2,1H3. The zero-order valence-corrected chi connectivity index (χ0v) is 10.6. The second kappa shape index (κ2) is 5.67. The first-order valence-electron chi connectivity index (χ1n) is 6.18. The Bertz CT molecular complexity index is 524. The predicted molar refractivity (Wildman–Crippen MR) is 69.9 cm³/mol. The lowest BCUT2D eigenvalue weighted by atomic mass is 10.1. The average Bonchev–Trinajstić information content (AvgIpc) is 2.82. The van der Waals surface area contributed by atoms with E-state index in [1.54, 1.807) is 12.1 Å². The number of benzene rings is 1. The van der Waals surface area contributed by atoms with Crippen LogP contribution in [0, 0.1) is 21.4 Å². The Labute approximate surface area is 111 Å². The Morgan fingerprint density at radius 2 is 2.37 bits per heavy atom. The molecule has 1 aromatic carbocycles. The third-order valence-electron chi connectivity index (χ3n) is 3.16. The maximum Gasteiger partial charge on any atom is 0.293 e. The third-order valence-corrected chi connectivity index (χ3v) is 3.16. The molecule has 100 valence electrons. The normalized spacial score (nSPS) is 21.9. The van der Waals surface area contributed by atoms with Crippen LogP contribution in [0.2, 0.25) is 0 Å². The molecule has 19 heavy (non-hydrogen) atoms. The number of nitro benzene ring substituents is 1. The molecule has 0 aliphatic carbocycles. The first-order chi connectivity index (χ1) is 9.10. The van der Waals surface area contributed by atoms with E-state index >= 15 is 0 Å². The number of hydrogen-bond donors (Lipinski definition) is 1. The minimum atomic E-state index is -0.485. The fraction of sp³-hybridized carbons (Fsp3) is 0.462. The van der Waals surface area contributed by atoms with E-state index in [1.807, 2.05) is 13.0 Å². The maximum atomic E-state index is 11.0. The number of hydrogen-bond acceptors (Lipinski definition) is 5. The molecule has 0 radical (unpaired) electrons. The Kier molecular flexibility index (Phi) is 3.97. The second-order valence-electron chi connectivity index (χ2n) is 4.63. The molecule has 0 spiro atoms. The highest BCUT2D eigenvalue weighted by atomic mass is 16.6. The van der Waals surface area contributed by atoms with Crippen molar-refractivity contribution in [1.29, 1.82) is 5.26 Å². The summed E-state index contributed by atoms with van der Waals surface area (Å²) in [6.45, 7) is 2.56. The van der Waals surface area contributed by atoms with Gasteiger partial charge in [-0.3, -0.25) is 10.1 Å². The topological polar surface area (TPSA) is 88.2 Å². The summed E-state index contributed by atoms with van der Waals surface area (Å²) in [4.78, 5) is 10.5. The molecule has 1 aliphatic rings. The van der Waals surface area contributed by atoms with Crippen LogP contribution in [0.3, 0.4) is 0 Å². The summed E-state index contributed by atoms with van der Waals surface area (Å²) >= 11 is 0. The van der Waals surface area contributed by atoms with Crippen molar-refractivity contribution in [3.63, 3.8) is 0 Å². The van der Waals surface area contributed by atoms with Gasteiger partial charge in [0.15, 0.2) is 0 Å². The monoisotopic (exact) mass is 261 g/mol. The molecule has 1 saturated heterocycles. The fourth-order valence-corrected chi connectivity index (χ4v) is 2.16. The van der Waals surface area contributed by atoms with Gasteiger partial charge < -0.3 is 10.1 Å². The van der Waals surface area contributed by atoms with Crippen LogP contribution < -0.4 is 5.32 Å². The summed E-state index contributed by atoms with van der Waals surface area (Å²) in [5.41, 5.74) is 0.625. The molecule has 0 saturated carbocycles. The van der Waals surface area contributed by atoms with Gasteiger partial charge in [-0.05, 0) is 31.9 Å². The number of nitrogens with zero attached hydrogens (tertiary/aromatic N) is 2. The number of ether oxygens (including phenoxy) is 1. The van der Waals surface area contributed by atoms with Gasteiger partial charge in [-0.1, -0.05) is 0 Å². The fourth-order valence-electron chi connectivity index (χ4n) is 2.16. The van der Waals surface area contributed by atoms with Gasteiger partial charge >= 0.3 is 0 Å². The van der Waals surface area contributed by atoms with E-state index in [0.717, 1.165) is 12.8 Å². The highest BCUT2D eigenvalue weighted by molar-refractivity contribution is 5.64. The average molecular weight is 261 g/mol. The number of anilines is 1. The maximum absolute atomic E-state index is 11.0. The van der Waals surface area contributed by atoms with Gasteiger partial charge in [0.2, 0.25) is 0 Å². The number of nitriles is 1. The van der Waals surface area contributed by atoms with E-state index in [0.29, 0.717) is 12.2 Å². The highest BCUT2D eigenvalue weighted by Crippen LogP contribution is 2.26. The van der Waals surface area contributed by atoms with Crippen molar-refractivity contribution in [2.45, 2.75) is 32.0 Å². The number of rotatable bonds is 4. The van der Waals surface area contributed by atoms with E-state index in [9.17, 15) is 10.1 Å². The molecule has 6 heteroatoms. The predicted octanol–water partition coefficient (Wildman–Crippen LogP) is 2.45. The largest absolute Gasteiger partial charge is 0.377 e. The lowest BCUT2D eigenvalue weighted by Crippen LogP contribution is -2.20. The first-order valence-corrected chi connectivity index (χ1v) is 6.18. The molecular weight excluding hydrogens is 246 g/mol. The quantitative estimate of drug-likeness (QED) is 0.664. The summed E-state index contributed by atoms with van der Waals surface area (Å²) in [6.07, 6.45) is 2.31. The van der Waals surface area contributed by atoms with Gasteiger partial charge in [0.25, 0.3) is 5.69 Å². The Hall–Kier alpha value is -2.13. The number of nitro groups is 1. The van der Waals surface area contributed by atoms with Crippen LogP contribution in [-0.2, 0) is 4.74 Å². The van der Waals surface area contributed by atoms with E-state index in [-0.39, 0.29) is 23.5 Å². The summed E-state index contributed by atoms with van der Waals surface area (Å²) in [5, 5.41) is 22.7. The van der Waals surface area contributed by atoms with Crippen LogP contribution in [0.4, 0.5) is 11.4 Å². The van der Waals surface area contributed by atoms with Crippen molar-refractivity contribution in [2.24, 2.45) is 0 Å². The summed E-state index contributed by atoms with van der Waals surface area (Å²) in [5.74, 6) is 0. The lowest BCUT2D eigenvalue weighted by molar-refractivity contribution is -0.384. The van der Waals surface area contributed by atoms with E-state index in [1.165, 1.54) is 6.07 Å². The Morgan fingerprint density at radius 3 is 2.95 bits per heavy atom. The Morgan fingerprint density at radius 1 is 1.58 bits per heavy atom. The minimum absolute atomic E-state index is 0.0786. The molecule has 2 rings (SSSR count). The molecule has 1 N–H and O–H groups in total. The van der Waals surface area contributed by atoms with Crippen LogP contribution in [0.25, 0.3) is 0 Å². The zero-order valence-electron chi connectivity index (χ0n) is 10.6. The van der Waals surface area contributed by atoms with Gasteiger partial charge in [0, 0.05) is 12.6 Å². The molecule has 6 nitrogen and oxygen atoms in total. The van der Waals surface area contributed by atoms with Gasteiger partial charge in [-0.25, -0.2) is 0 Å². The molecular formula is C13H15N3O3. The van der Waals surface area contributed by atoms with Crippen molar-refractivity contribution >= 4 is 11.4 Å². The van der Waals surface area contributed by atoms with Gasteiger partial charge in [-0.15, -0.1) is 0 Å². The molecule has 1 aliphatic heterocycles. The third kappa shape index (κ3) is 3.20. The number of nitrogens with one attached hydrogen (secondary N) is 1. The summed E-state index contributed by atoms with van der Waals surface area (Å²) < 4.78 is 5.64.